The zero-order chi connectivity index (χ0) is 14.8. The summed E-state index contributed by atoms with van der Waals surface area (Å²) in [7, 11) is 1.68. The summed E-state index contributed by atoms with van der Waals surface area (Å²) < 4.78 is 11.0. The monoisotopic (exact) mass is 275 g/mol. The fraction of sp³-hybridized carbons (Fsp3) is 0.467. The molecule has 2 rings (SSSR count). The van der Waals surface area contributed by atoms with Crippen LogP contribution >= 0.6 is 0 Å². The van der Waals surface area contributed by atoms with E-state index in [1.54, 1.807) is 7.11 Å². The van der Waals surface area contributed by atoms with Crippen LogP contribution in [0.3, 0.4) is 0 Å². The summed E-state index contributed by atoms with van der Waals surface area (Å²) in [5, 5.41) is 4.10. The molecule has 5 heteroatoms. The van der Waals surface area contributed by atoms with Gasteiger partial charge in [0.2, 0.25) is 5.82 Å². The molecule has 0 unspecified atom stereocenters. The van der Waals surface area contributed by atoms with Crippen LogP contribution in [-0.4, -0.2) is 17.3 Å². The van der Waals surface area contributed by atoms with E-state index in [1.807, 2.05) is 25.1 Å². The van der Waals surface area contributed by atoms with E-state index in [1.165, 1.54) is 0 Å². The molecular weight excluding hydrogens is 254 g/mol. The molecule has 5 nitrogen and oxygen atoms in total. The second kappa shape index (κ2) is 5.63. The lowest BCUT2D eigenvalue weighted by atomic mass is 9.96. The van der Waals surface area contributed by atoms with Gasteiger partial charge in [0.15, 0.2) is 0 Å². The molecule has 0 radical (unpaired) electrons. The first-order valence-corrected chi connectivity index (χ1v) is 6.82. The van der Waals surface area contributed by atoms with E-state index in [4.69, 9.17) is 15.0 Å². The summed E-state index contributed by atoms with van der Waals surface area (Å²) in [6.45, 7) is 6.04. The Kier molecular flexibility index (Phi) is 4.09. The summed E-state index contributed by atoms with van der Waals surface area (Å²) in [5.74, 6) is 1.06. The number of rotatable bonds is 5. The lowest BCUT2D eigenvalue weighted by molar-refractivity contribution is -0.0306. The molecule has 0 amide bonds. The Morgan fingerprint density at radius 1 is 1.30 bits per heavy atom. The van der Waals surface area contributed by atoms with Gasteiger partial charge in [-0.1, -0.05) is 25.1 Å². The molecule has 2 aromatic rings. The minimum Gasteiger partial charge on any atom is -0.398 e. The topological polar surface area (TPSA) is 74.2 Å². The van der Waals surface area contributed by atoms with Gasteiger partial charge in [0.25, 0.3) is 5.89 Å². The van der Waals surface area contributed by atoms with Crippen LogP contribution in [0.25, 0.3) is 11.5 Å². The molecule has 0 saturated heterocycles. The van der Waals surface area contributed by atoms with Crippen molar-refractivity contribution < 1.29 is 9.26 Å². The summed E-state index contributed by atoms with van der Waals surface area (Å²) in [6.07, 6.45) is 1.57. The fourth-order valence-corrected chi connectivity index (χ4v) is 2.35. The van der Waals surface area contributed by atoms with Crippen LogP contribution in [0.5, 0.6) is 0 Å². The van der Waals surface area contributed by atoms with Gasteiger partial charge in [-0.25, -0.2) is 0 Å². The van der Waals surface area contributed by atoms with E-state index in [2.05, 4.69) is 24.0 Å². The molecule has 0 aliphatic heterocycles. The zero-order valence-electron chi connectivity index (χ0n) is 12.4. The highest BCUT2D eigenvalue weighted by molar-refractivity contribution is 5.66. The molecule has 0 saturated carbocycles. The Bertz CT molecular complexity index is 580. The molecule has 0 fully saturated rings. The summed E-state index contributed by atoms with van der Waals surface area (Å²) in [6, 6.07) is 5.66. The summed E-state index contributed by atoms with van der Waals surface area (Å²) in [4.78, 5) is 4.51. The highest BCUT2D eigenvalue weighted by Crippen LogP contribution is 2.33. The van der Waals surface area contributed by atoms with Crippen molar-refractivity contribution in [3.05, 3.63) is 29.6 Å². The quantitative estimate of drug-likeness (QED) is 0.847. The summed E-state index contributed by atoms with van der Waals surface area (Å²) >= 11 is 0. The van der Waals surface area contributed by atoms with Gasteiger partial charge in [0.05, 0.1) is 0 Å². The van der Waals surface area contributed by atoms with Crippen molar-refractivity contribution in [2.75, 3.05) is 12.8 Å². The Labute approximate surface area is 119 Å². The van der Waals surface area contributed by atoms with Gasteiger partial charge in [0, 0.05) is 18.4 Å². The van der Waals surface area contributed by atoms with Crippen molar-refractivity contribution >= 4 is 5.69 Å². The van der Waals surface area contributed by atoms with E-state index in [0.717, 1.165) is 24.0 Å². The predicted molar refractivity (Wildman–Crippen MR) is 78.2 cm³/mol. The van der Waals surface area contributed by atoms with Crippen LogP contribution in [0, 0.1) is 6.92 Å². The first-order chi connectivity index (χ1) is 9.57. The molecule has 0 aliphatic rings. The third-order valence-corrected chi connectivity index (χ3v) is 3.97. The van der Waals surface area contributed by atoms with Crippen LogP contribution in [-0.2, 0) is 10.3 Å². The molecule has 1 aromatic carbocycles. The zero-order valence-corrected chi connectivity index (χ0v) is 12.4. The number of nitrogens with two attached hydrogens (primary N) is 1. The Hall–Kier alpha value is -1.88. The Balaban J connectivity index is 2.45. The minimum absolute atomic E-state index is 0.480. The SMILES string of the molecule is CCC(CC)(OC)c1noc(-c2cccc(N)c2C)n1. The number of hydrogen-bond donors (Lipinski definition) is 1. The maximum atomic E-state index is 5.91. The van der Waals surface area contributed by atoms with E-state index >= 15 is 0 Å². The Morgan fingerprint density at radius 3 is 2.60 bits per heavy atom. The molecule has 0 aliphatic carbocycles. The van der Waals surface area contributed by atoms with E-state index < -0.39 is 5.60 Å². The van der Waals surface area contributed by atoms with Crippen LogP contribution < -0.4 is 5.73 Å². The van der Waals surface area contributed by atoms with Crippen molar-refractivity contribution in [2.24, 2.45) is 0 Å². The van der Waals surface area contributed by atoms with Gasteiger partial charge in [-0.05, 0) is 37.5 Å². The highest BCUT2D eigenvalue weighted by Gasteiger charge is 2.34. The smallest absolute Gasteiger partial charge is 0.258 e. The number of benzene rings is 1. The van der Waals surface area contributed by atoms with Crippen molar-refractivity contribution in [3.63, 3.8) is 0 Å². The van der Waals surface area contributed by atoms with Crippen molar-refractivity contribution in [3.8, 4) is 11.5 Å². The average Bonchev–Trinajstić information content (AvgIpc) is 2.95. The first kappa shape index (κ1) is 14.5. The lowest BCUT2D eigenvalue weighted by Crippen LogP contribution is -2.28. The standard InChI is InChI=1S/C15H21N3O2/c1-5-15(6-2,19-4)14-17-13(20-18-14)11-8-7-9-12(16)10(11)3/h7-9H,5-6,16H2,1-4H3. The average molecular weight is 275 g/mol. The lowest BCUT2D eigenvalue weighted by Gasteiger charge is -2.25. The van der Waals surface area contributed by atoms with Crippen LogP contribution in [0.2, 0.25) is 0 Å². The van der Waals surface area contributed by atoms with E-state index in [-0.39, 0.29) is 0 Å². The van der Waals surface area contributed by atoms with Gasteiger partial charge in [-0.15, -0.1) is 0 Å². The molecule has 1 aromatic heterocycles. The first-order valence-electron chi connectivity index (χ1n) is 6.82. The summed E-state index contributed by atoms with van der Waals surface area (Å²) in [5.41, 5.74) is 7.94. The predicted octanol–water partition coefficient (Wildman–Crippen LogP) is 3.29. The maximum absolute atomic E-state index is 5.91. The third kappa shape index (κ3) is 2.29. The maximum Gasteiger partial charge on any atom is 0.258 e. The molecule has 2 N–H and O–H groups in total. The largest absolute Gasteiger partial charge is 0.398 e. The molecular formula is C15H21N3O2. The molecule has 0 spiro atoms. The fourth-order valence-electron chi connectivity index (χ4n) is 2.35. The number of nitrogen functional groups attached to an aromatic ring is 1. The minimum atomic E-state index is -0.490. The third-order valence-electron chi connectivity index (χ3n) is 3.97. The number of nitrogens with zero attached hydrogens (tertiary/aromatic N) is 2. The molecule has 20 heavy (non-hydrogen) atoms. The normalized spacial score (nSPS) is 11.8. The van der Waals surface area contributed by atoms with Crippen LogP contribution in [0.4, 0.5) is 5.69 Å². The Morgan fingerprint density at radius 2 is 2.00 bits per heavy atom. The van der Waals surface area contributed by atoms with Gasteiger partial charge >= 0.3 is 0 Å². The van der Waals surface area contributed by atoms with Crippen molar-refractivity contribution in [1.29, 1.82) is 0 Å². The van der Waals surface area contributed by atoms with Crippen LogP contribution in [0.15, 0.2) is 22.7 Å². The van der Waals surface area contributed by atoms with E-state index in [0.29, 0.717) is 17.4 Å². The molecule has 0 atom stereocenters. The number of anilines is 1. The van der Waals surface area contributed by atoms with Crippen LogP contribution in [0.1, 0.15) is 38.1 Å². The number of methoxy groups -OCH3 is 1. The highest BCUT2D eigenvalue weighted by atomic mass is 16.5. The molecule has 0 bridgehead atoms. The number of aromatic nitrogens is 2. The van der Waals surface area contributed by atoms with Gasteiger partial charge in [-0.3, -0.25) is 0 Å². The van der Waals surface area contributed by atoms with Gasteiger partial charge < -0.3 is 15.0 Å². The van der Waals surface area contributed by atoms with Crippen molar-refractivity contribution in [2.45, 2.75) is 39.2 Å². The van der Waals surface area contributed by atoms with Gasteiger partial charge in [-0.2, -0.15) is 4.98 Å². The second-order valence-corrected chi connectivity index (χ2v) is 4.85. The number of hydrogen-bond acceptors (Lipinski definition) is 5. The molecule has 108 valence electrons. The van der Waals surface area contributed by atoms with E-state index in [9.17, 15) is 0 Å². The van der Waals surface area contributed by atoms with Crippen molar-refractivity contribution in [1.82, 2.24) is 10.1 Å². The van der Waals surface area contributed by atoms with Gasteiger partial charge in [0.1, 0.15) is 5.60 Å². The molecule has 1 heterocycles. The number of ether oxygens (including phenoxy) is 1. The second-order valence-electron chi connectivity index (χ2n) is 4.85.